The van der Waals surface area contributed by atoms with E-state index >= 15 is 0 Å². The normalized spacial score (nSPS) is 19.6. The number of hydrogen-bond acceptors (Lipinski definition) is 5. The second-order valence-electron chi connectivity index (χ2n) is 4.98. The van der Waals surface area contributed by atoms with Crippen LogP contribution in [0.15, 0.2) is 23.4 Å². The largest absolute Gasteiger partial charge is 0.409 e. The van der Waals surface area contributed by atoms with E-state index in [0.717, 1.165) is 17.8 Å². The zero-order chi connectivity index (χ0) is 14.8. The third kappa shape index (κ3) is 3.22. The summed E-state index contributed by atoms with van der Waals surface area (Å²) in [5.74, 6) is 0.520. The Balaban J connectivity index is 2.24. The molecule has 0 saturated carbocycles. The second kappa shape index (κ2) is 5.70. The smallest absolute Gasteiger partial charge is 0.170 e. The van der Waals surface area contributed by atoms with E-state index in [9.17, 15) is 8.42 Å². The predicted octanol–water partition coefficient (Wildman–Crippen LogP) is 0.714. The van der Waals surface area contributed by atoms with Crippen LogP contribution in [0.25, 0.3) is 0 Å². The molecule has 1 aliphatic rings. The van der Waals surface area contributed by atoms with Crippen LogP contribution in [0.3, 0.4) is 0 Å². The molecule has 110 valence electrons. The van der Waals surface area contributed by atoms with Gasteiger partial charge in [0.1, 0.15) is 0 Å². The molecule has 0 aliphatic carbocycles. The van der Waals surface area contributed by atoms with Crippen LogP contribution in [0.5, 0.6) is 0 Å². The van der Waals surface area contributed by atoms with Crippen molar-refractivity contribution < 1.29 is 13.6 Å². The molecule has 1 saturated heterocycles. The molecular formula is C13H19N3O3S. The van der Waals surface area contributed by atoms with Crippen molar-refractivity contribution >= 4 is 21.4 Å². The minimum atomic E-state index is -2.91. The van der Waals surface area contributed by atoms with Crippen molar-refractivity contribution in [2.75, 3.05) is 29.5 Å². The molecule has 1 fully saturated rings. The van der Waals surface area contributed by atoms with Crippen LogP contribution in [0.1, 0.15) is 17.5 Å². The highest BCUT2D eigenvalue weighted by atomic mass is 32.2. The number of nitrogens with zero attached hydrogens (tertiary/aromatic N) is 2. The number of amidine groups is 1. The number of rotatable bonds is 2. The third-order valence-corrected chi connectivity index (χ3v) is 5.23. The van der Waals surface area contributed by atoms with E-state index in [1.165, 1.54) is 0 Å². The molecule has 3 N–H and O–H groups in total. The third-order valence-electron chi connectivity index (χ3n) is 3.51. The summed E-state index contributed by atoms with van der Waals surface area (Å²) in [7, 11) is -2.91. The quantitative estimate of drug-likeness (QED) is 0.363. The first kappa shape index (κ1) is 14.6. The van der Waals surface area contributed by atoms with E-state index < -0.39 is 9.84 Å². The van der Waals surface area contributed by atoms with E-state index in [1.54, 1.807) is 6.07 Å². The molecule has 0 atom stereocenters. The van der Waals surface area contributed by atoms with E-state index in [1.807, 2.05) is 19.1 Å². The highest BCUT2D eigenvalue weighted by Gasteiger charge is 2.19. The van der Waals surface area contributed by atoms with E-state index in [4.69, 9.17) is 10.9 Å². The van der Waals surface area contributed by atoms with Gasteiger partial charge in [0.15, 0.2) is 15.7 Å². The first-order valence-corrected chi connectivity index (χ1v) is 8.29. The zero-order valence-electron chi connectivity index (χ0n) is 11.4. The van der Waals surface area contributed by atoms with Crippen LogP contribution >= 0.6 is 0 Å². The van der Waals surface area contributed by atoms with Gasteiger partial charge in [-0.2, -0.15) is 0 Å². The van der Waals surface area contributed by atoms with Gasteiger partial charge >= 0.3 is 0 Å². The Hall–Kier alpha value is -1.76. The average molecular weight is 297 g/mol. The van der Waals surface area contributed by atoms with Crippen molar-refractivity contribution in [1.82, 2.24) is 0 Å². The van der Waals surface area contributed by atoms with Crippen molar-refractivity contribution in [1.29, 1.82) is 0 Å². The molecule has 0 aromatic heterocycles. The molecule has 1 heterocycles. The average Bonchev–Trinajstić information content (AvgIpc) is 2.59. The van der Waals surface area contributed by atoms with Gasteiger partial charge in [-0.25, -0.2) is 8.42 Å². The van der Waals surface area contributed by atoms with E-state index in [2.05, 4.69) is 10.1 Å². The summed E-state index contributed by atoms with van der Waals surface area (Å²) >= 11 is 0. The number of nitrogens with two attached hydrogens (primary N) is 1. The number of oxime groups is 1. The maximum absolute atomic E-state index is 11.6. The Morgan fingerprint density at radius 1 is 1.35 bits per heavy atom. The fourth-order valence-corrected chi connectivity index (χ4v) is 3.65. The zero-order valence-corrected chi connectivity index (χ0v) is 12.2. The van der Waals surface area contributed by atoms with Gasteiger partial charge in [0.25, 0.3) is 0 Å². The standard InChI is InChI=1S/C13H19N3O3S/c1-10-9-11(3-4-12(10)13(14)15-17)16-5-2-7-20(18,19)8-6-16/h3-4,9,17H,2,5-8H2,1H3,(H2,14,15). The molecule has 0 spiro atoms. The van der Waals surface area contributed by atoms with Gasteiger partial charge in [0, 0.05) is 24.3 Å². The molecule has 7 heteroatoms. The van der Waals surface area contributed by atoms with Gasteiger partial charge in [0.2, 0.25) is 0 Å². The van der Waals surface area contributed by atoms with Gasteiger partial charge in [-0.15, -0.1) is 0 Å². The topological polar surface area (TPSA) is 96.0 Å². The van der Waals surface area contributed by atoms with E-state index in [0.29, 0.717) is 18.5 Å². The summed E-state index contributed by atoms with van der Waals surface area (Å²) < 4.78 is 23.2. The Bertz CT molecular complexity index is 626. The van der Waals surface area contributed by atoms with Crippen molar-refractivity contribution in [3.63, 3.8) is 0 Å². The number of hydrogen-bond donors (Lipinski definition) is 2. The molecule has 20 heavy (non-hydrogen) atoms. The number of aryl methyl sites for hydroxylation is 1. The molecule has 0 amide bonds. The fourth-order valence-electron chi connectivity index (χ4n) is 2.38. The minimum absolute atomic E-state index is 0.0764. The summed E-state index contributed by atoms with van der Waals surface area (Å²) in [5, 5.41) is 11.7. The highest BCUT2D eigenvalue weighted by Crippen LogP contribution is 2.21. The number of anilines is 1. The summed E-state index contributed by atoms with van der Waals surface area (Å²) in [5.41, 5.74) is 8.13. The first-order chi connectivity index (χ1) is 9.43. The van der Waals surface area contributed by atoms with Gasteiger partial charge in [-0.1, -0.05) is 5.16 Å². The second-order valence-corrected chi connectivity index (χ2v) is 7.28. The lowest BCUT2D eigenvalue weighted by atomic mass is 10.1. The minimum Gasteiger partial charge on any atom is -0.409 e. The fraction of sp³-hybridized carbons (Fsp3) is 0.462. The molecule has 6 nitrogen and oxygen atoms in total. The monoisotopic (exact) mass is 297 g/mol. The van der Waals surface area contributed by atoms with Gasteiger partial charge < -0.3 is 15.8 Å². The lowest BCUT2D eigenvalue weighted by Gasteiger charge is -2.23. The lowest BCUT2D eigenvalue weighted by Crippen LogP contribution is -2.27. The summed E-state index contributed by atoms with van der Waals surface area (Å²) in [6.07, 6.45) is 0.642. The molecule has 1 aliphatic heterocycles. The van der Waals surface area contributed by atoms with Crippen LogP contribution < -0.4 is 10.6 Å². The van der Waals surface area contributed by atoms with Gasteiger partial charge in [-0.3, -0.25) is 0 Å². The lowest BCUT2D eigenvalue weighted by molar-refractivity contribution is 0.318. The van der Waals surface area contributed by atoms with Crippen molar-refractivity contribution in [3.05, 3.63) is 29.3 Å². The molecule has 0 unspecified atom stereocenters. The van der Waals surface area contributed by atoms with Crippen LogP contribution in [-0.4, -0.2) is 44.1 Å². The van der Waals surface area contributed by atoms with Gasteiger partial charge in [-0.05, 0) is 37.1 Å². The molecule has 2 rings (SSSR count). The highest BCUT2D eigenvalue weighted by molar-refractivity contribution is 7.91. The van der Waals surface area contributed by atoms with Crippen molar-refractivity contribution in [3.8, 4) is 0 Å². The number of benzene rings is 1. The Morgan fingerprint density at radius 3 is 2.75 bits per heavy atom. The predicted molar refractivity (Wildman–Crippen MR) is 79.2 cm³/mol. The van der Waals surface area contributed by atoms with Crippen molar-refractivity contribution in [2.24, 2.45) is 10.9 Å². The van der Waals surface area contributed by atoms with Crippen molar-refractivity contribution in [2.45, 2.75) is 13.3 Å². The van der Waals surface area contributed by atoms with Crippen LogP contribution in [-0.2, 0) is 9.84 Å². The summed E-state index contributed by atoms with van der Waals surface area (Å²) in [6, 6.07) is 5.60. The molecule has 1 aromatic carbocycles. The Morgan fingerprint density at radius 2 is 2.10 bits per heavy atom. The van der Waals surface area contributed by atoms with Crippen LogP contribution in [0, 0.1) is 6.92 Å². The van der Waals surface area contributed by atoms with Gasteiger partial charge in [0.05, 0.1) is 11.5 Å². The van der Waals surface area contributed by atoms with Crippen LogP contribution in [0.2, 0.25) is 0 Å². The molecule has 0 radical (unpaired) electrons. The Kier molecular flexibility index (Phi) is 4.17. The molecule has 0 bridgehead atoms. The maximum Gasteiger partial charge on any atom is 0.170 e. The molecule has 1 aromatic rings. The SMILES string of the molecule is Cc1cc(N2CCCS(=O)(=O)CC2)ccc1/C(N)=N/O. The van der Waals surface area contributed by atoms with Crippen LogP contribution in [0.4, 0.5) is 5.69 Å². The summed E-state index contributed by atoms with van der Waals surface area (Å²) in [6.45, 7) is 3.11. The maximum atomic E-state index is 11.6. The Labute approximate surface area is 118 Å². The summed E-state index contributed by atoms with van der Waals surface area (Å²) in [4.78, 5) is 2.06. The number of sulfone groups is 1. The first-order valence-electron chi connectivity index (χ1n) is 6.47. The molecular weight excluding hydrogens is 278 g/mol. The van der Waals surface area contributed by atoms with E-state index in [-0.39, 0.29) is 17.3 Å².